The summed E-state index contributed by atoms with van der Waals surface area (Å²) < 4.78 is 37.2. The Morgan fingerprint density at radius 1 is 0.900 bits per heavy atom. The summed E-state index contributed by atoms with van der Waals surface area (Å²) in [6.07, 6.45) is 7.91. The minimum atomic E-state index is -4.23. The molecule has 0 atom stereocenters. The minimum Gasteiger partial charge on any atom is -0.166 e. The quantitative estimate of drug-likeness (QED) is 0.396. The Bertz CT molecular complexity index is 388. The highest BCUT2D eigenvalue weighted by molar-refractivity contribution is 5.24. The first-order valence-electron chi connectivity index (χ1n) is 7.31. The van der Waals surface area contributed by atoms with Crippen LogP contribution in [-0.4, -0.2) is 0 Å². The number of hydrogen-bond donors (Lipinski definition) is 0. The smallest absolute Gasteiger partial charge is 0.166 e. The molecule has 3 heteroatoms. The monoisotopic (exact) mass is 284 g/mol. The van der Waals surface area contributed by atoms with Gasteiger partial charge < -0.3 is 0 Å². The molecule has 0 saturated carbocycles. The van der Waals surface area contributed by atoms with Gasteiger partial charge in [0, 0.05) is 0 Å². The van der Waals surface area contributed by atoms with Gasteiger partial charge in [-0.25, -0.2) is 0 Å². The first-order chi connectivity index (χ1) is 9.54. The van der Waals surface area contributed by atoms with Crippen LogP contribution in [0.4, 0.5) is 13.2 Å². The maximum absolute atomic E-state index is 12.4. The number of benzene rings is 1. The van der Waals surface area contributed by atoms with Gasteiger partial charge in [0.2, 0.25) is 0 Å². The van der Waals surface area contributed by atoms with Crippen LogP contribution in [0.1, 0.15) is 56.6 Å². The van der Waals surface area contributed by atoms with Crippen LogP contribution >= 0.6 is 0 Å². The molecule has 0 fully saturated rings. The fourth-order valence-corrected chi connectivity index (χ4v) is 2.15. The number of alkyl halides is 3. The van der Waals surface area contributed by atoms with Crippen LogP contribution in [0.25, 0.3) is 0 Å². The zero-order chi connectivity index (χ0) is 14.8. The van der Waals surface area contributed by atoms with Gasteiger partial charge in [0.1, 0.15) is 0 Å². The van der Waals surface area contributed by atoms with Gasteiger partial charge in [0.15, 0.2) is 0 Å². The van der Waals surface area contributed by atoms with E-state index in [2.05, 4.69) is 12.2 Å². The molecule has 0 N–H and O–H groups in total. The Morgan fingerprint density at radius 3 is 2.10 bits per heavy atom. The molecule has 1 aromatic carbocycles. The van der Waals surface area contributed by atoms with E-state index in [1.165, 1.54) is 31.4 Å². The average Bonchev–Trinajstić information content (AvgIpc) is 2.41. The normalized spacial score (nSPS) is 12.2. The highest BCUT2D eigenvalue weighted by Gasteiger charge is 2.29. The largest absolute Gasteiger partial charge is 0.416 e. The van der Waals surface area contributed by atoms with Crippen LogP contribution in [0.15, 0.2) is 36.4 Å². The fourth-order valence-electron chi connectivity index (χ4n) is 2.15. The molecule has 0 nitrogen and oxygen atoms in total. The number of halogens is 3. The van der Waals surface area contributed by atoms with Crippen molar-refractivity contribution in [2.24, 2.45) is 0 Å². The number of hydrogen-bond acceptors (Lipinski definition) is 0. The number of unbranched alkanes of at least 4 members (excludes halogenated alkanes) is 5. The molecule has 0 aromatic heterocycles. The van der Waals surface area contributed by atoms with Gasteiger partial charge in [-0.05, 0) is 50.3 Å². The van der Waals surface area contributed by atoms with Crippen molar-refractivity contribution in [2.75, 3.05) is 0 Å². The summed E-state index contributed by atoms with van der Waals surface area (Å²) in [6, 6.07) is 5.53. The van der Waals surface area contributed by atoms with E-state index in [4.69, 9.17) is 0 Å². The first kappa shape index (κ1) is 16.8. The third kappa shape index (κ3) is 6.78. The predicted octanol–water partition coefficient (Wildman–Crippen LogP) is 6.16. The van der Waals surface area contributed by atoms with E-state index in [0.717, 1.165) is 31.2 Å². The van der Waals surface area contributed by atoms with Crippen molar-refractivity contribution in [1.82, 2.24) is 0 Å². The molecule has 0 aliphatic rings. The molecule has 0 unspecified atom stereocenters. The van der Waals surface area contributed by atoms with E-state index in [1.807, 2.05) is 6.92 Å². The second kappa shape index (κ2) is 8.83. The summed E-state index contributed by atoms with van der Waals surface area (Å²) in [6.45, 7) is 2.03. The molecule has 1 aromatic rings. The standard InChI is InChI=1S/C17H23F3/c1-2-3-4-5-6-7-8-9-10-15-11-13-16(14-12-15)17(18,19)20/h2-3,11-14H,4-10H2,1H3. The Morgan fingerprint density at radius 2 is 1.50 bits per heavy atom. The number of rotatable bonds is 8. The molecule has 112 valence electrons. The molecule has 0 aliphatic heterocycles. The van der Waals surface area contributed by atoms with Crippen LogP contribution in [-0.2, 0) is 12.6 Å². The van der Waals surface area contributed by atoms with E-state index < -0.39 is 11.7 Å². The van der Waals surface area contributed by atoms with Gasteiger partial charge in [-0.1, -0.05) is 43.5 Å². The van der Waals surface area contributed by atoms with E-state index in [1.54, 1.807) is 12.1 Å². The van der Waals surface area contributed by atoms with Crippen molar-refractivity contribution in [3.63, 3.8) is 0 Å². The fraction of sp³-hybridized carbons (Fsp3) is 0.529. The molecular formula is C17H23F3. The summed E-state index contributed by atoms with van der Waals surface area (Å²) in [5.41, 5.74) is 0.428. The van der Waals surface area contributed by atoms with E-state index in [0.29, 0.717) is 0 Å². The average molecular weight is 284 g/mol. The number of allylic oxidation sites excluding steroid dienone is 2. The van der Waals surface area contributed by atoms with E-state index >= 15 is 0 Å². The maximum atomic E-state index is 12.4. The highest BCUT2D eigenvalue weighted by Crippen LogP contribution is 2.29. The maximum Gasteiger partial charge on any atom is 0.416 e. The van der Waals surface area contributed by atoms with Crippen molar-refractivity contribution in [3.8, 4) is 0 Å². The van der Waals surface area contributed by atoms with Crippen LogP contribution in [0.2, 0.25) is 0 Å². The van der Waals surface area contributed by atoms with Gasteiger partial charge in [-0.2, -0.15) is 13.2 Å². The Hall–Kier alpha value is -1.25. The lowest BCUT2D eigenvalue weighted by Gasteiger charge is -2.07. The minimum absolute atomic E-state index is 0.565. The predicted molar refractivity (Wildman–Crippen MR) is 77.7 cm³/mol. The highest BCUT2D eigenvalue weighted by atomic mass is 19.4. The third-order valence-corrected chi connectivity index (χ3v) is 3.35. The molecule has 1 rings (SSSR count). The van der Waals surface area contributed by atoms with Gasteiger partial charge in [-0.15, -0.1) is 0 Å². The lowest BCUT2D eigenvalue weighted by molar-refractivity contribution is -0.137. The Labute approximate surface area is 119 Å². The van der Waals surface area contributed by atoms with Crippen molar-refractivity contribution in [2.45, 2.75) is 58.0 Å². The zero-order valence-electron chi connectivity index (χ0n) is 12.0. The summed E-state index contributed by atoms with van der Waals surface area (Å²) in [5.74, 6) is 0. The summed E-state index contributed by atoms with van der Waals surface area (Å²) in [7, 11) is 0. The van der Waals surface area contributed by atoms with Gasteiger partial charge in [0.05, 0.1) is 5.56 Å². The molecule has 0 heterocycles. The Kier molecular flexibility index (Phi) is 7.42. The lowest BCUT2D eigenvalue weighted by Crippen LogP contribution is -2.04. The molecule has 20 heavy (non-hydrogen) atoms. The molecule has 0 bridgehead atoms. The first-order valence-corrected chi connectivity index (χ1v) is 7.31. The van der Waals surface area contributed by atoms with Gasteiger partial charge in [0.25, 0.3) is 0 Å². The van der Waals surface area contributed by atoms with Crippen molar-refractivity contribution < 1.29 is 13.2 Å². The van der Waals surface area contributed by atoms with Crippen LogP contribution in [0.3, 0.4) is 0 Å². The number of aryl methyl sites for hydroxylation is 1. The van der Waals surface area contributed by atoms with Crippen LogP contribution in [0, 0.1) is 0 Å². The van der Waals surface area contributed by atoms with Gasteiger partial charge >= 0.3 is 6.18 Å². The van der Waals surface area contributed by atoms with E-state index in [9.17, 15) is 13.2 Å². The summed E-state index contributed by atoms with van der Waals surface area (Å²) >= 11 is 0. The summed E-state index contributed by atoms with van der Waals surface area (Å²) in [5, 5.41) is 0. The second-order valence-corrected chi connectivity index (χ2v) is 5.07. The molecular weight excluding hydrogens is 261 g/mol. The van der Waals surface area contributed by atoms with Crippen molar-refractivity contribution >= 4 is 0 Å². The molecule has 0 radical (unpaired) electrons. The molecule has 0 saturated heterocycles. The zero-order valence-corrected chi connectivity index (χ0v) is 12.0. The molecule has 0 aliphatic carbocycles. The van der Waals surface area contributed by atoms with Crippen molar-refractivity contribution in [3.05, 3.63) is 47.5 Å². The molecule has 0 amide bonds. The van der Waals surface area contributed by atoms with Gasteiger partial charge in [-0.3, -0.25) is 0 Å². The second-order valence-electron chi connectivity index (χ2n) is 5.07. The topological polar surface area (TPSA) is 0 Å². The van der Waals surface area contributed by atoms with Crippen molar-refractivity contribution in [1.29, 1.82) is 0 Å². The SMILES string of the molecule is CC=CCCCCCCCc1ccc(C(F)(F)F)cc1. The van der Waals surface area contributed by atoms with E-state index in [-0.39, 0.29) is 0 Å². The Balaban J connectivity index is 2.16. The van der Waals surface area contributed by atoms with Crippen LogP contribution < -0.4 is 0 Å². The molecule has 0 spiro atoms. The summed E-state index contributed by atoms with van der Waals surface area (Å²) in [4.78, 5) is 0. The third-order valence-electron chi connectivity index (χ3n) is 3.35. The van der Waals surface area contributed by atoms with Crippen LogP contribution in [0.5, 0.6) is 0 Å². The lowest BCUT2D eigenvalue weighted by atomic mass is 10.0.